The van der Waals surface area contributed by atoms with Crippen LogP contribution in [-0.2, 0) is 14.4 Å². The number of ether oxygens (including phenoxy) is 1. The first-order valence-electron chi connectivity index (χ1n) is 19.2. The van der Waals surface area contributed by atoms with Crippen molar-refractivity contribution in [2.75, 3.05) is 72.3 Å². The van der Waals surface area contributed by atoms with E-state index in [0.717, 1.165) is 54.3 Å². The number of amides is 4. The van der Waals surface area contributed by atoms with Gasteiger partial charge in [0, 0.05) is 74.6 Å². The van der Waals surface area contributed by atoms with Crippen molar-refractivity contribution in [2.24, 2.45) is 0 Å². The number of carbonyl (C=O) groups is 5. The monoisotopic (exact) mass is 765 g/mol. The van der Waals surface area contributed by atoms with E-state index in [2.05, 4.69) is 25.8 Å². The van der Waals surface area contributed by atoms with Crippen LogP contribution in [0.1, 0.15) is 76.9 Å². The van der Waals surface area contributed by atoms with E-state index < -0.39 is 0 Å². The van der Waals surface area contributed by atoms with Crippen molar-refractivity contribution in [2.45, 2.75) is 50.5 Å². The Labute approximate surface area is 326 Å². The Morgan fingerprint density at radius 1 is 0.964 bits per heavy atom. The lowest BCUT2D eigenvalue weighted by molar-refractivity contribution is -0.135. The van der Waals surface area contributed by atoms with Gasteiger partial charge in [0.1, 0.15) is 11.4 Å². The summed E-state index contributed by atoms with van der Waals surface area (Å²) in [6.45, 7) is 3.58. The van der Waals surface area contributed by atoms with Gasteiger partial charge < -0.3 is 29.7 Å². The van der Waals surface area contributed by atoms with Crippen molar-refractivity contribution < 1.29 is 28.7 Å². The minimum Gasteiger partial charge on any atom is -0.484 e. The number of hydrogen-bond acceptors (Lipinski definition) is 11. The van der Waals surface area contributed by atoms with E-state index in [1.165, 1.54) is 0 Å². The Kier molecular flexibility index (Phi) is 13.4. The van der Waals surface area contributed by atoms with Crippen LogP contribution in [0.15, 0.2) is 60.8 Å². The summed E-state index contributed by atoms with van der Waals surface area (Å²) in [7, 11) is 6.00. The van der Waals surface area contributed by atoms with Gasteiger partial charge in [-0.15, -0.1) is 0 Å². The molecule has 0 bridgehead atoms. The van der Waals surface area contributed by atoms with Gasteiger partial charge in [-0.1, -0.05) is 25.0 Å². The highest BCUT2D eigenvalue weighted by atomic mass is 16.5. The van der Waals surface area contributed by atoms with E-state index in [1.807, 2.05) is 48.8 Å². The molecule has 3 N–H and O–H groups in total. The highest BCUT2D eigenvalue weighted by Gasteiger charge is 2.28. The van der Waals surface area contributed by atoms with E-state index in [4.69, 9.17) is 9.72 Å². The minimum atomic E-state index is -0.364. The number of benzene rings is 2. The van der Waals surface area contributed by atoms with Crippen LogP contribution in [0, 0.1) is 0 Å². The molecule has 1 unspecified atom stereocenters. The Morgan fingerprint density at radius 3 is 2.32 bits per heavy atom. The third-order valence-corrected chi connectivity index (χ3v) is 10.1. The van der Waals surface area contributed by atoms with Gasteiger partial charge >= 0.3 is 0 Å². The van der Waals surface area contributed by atoms with E-state index in [-0.39, 0.29) is 42.2 Å². The van der Waals surface area contributed by atoms with Crippen LogP contribution in [0.5, 0.6) is 5.75 Å². The van der Waals surface area contributed by atoms with Crippen LogP contribution in [0.3, 0.4) is 0 Å². The summed E-state index contributed by atoms with van der Waals surface area (Å²) in [5, 5.41) is 9.41. The second-order valence-electron chi connectivity index (χ2n) is 14.9. The van der Waals surface area contributed by atoms with Crippen LogP contribution in [-0.4, -0.2) is 126 Å². The molecule has 15 heteroatoms. The number of nitrogens with one attached hydrogen (secondary N) is 3. The van der Waals surface area contributed by atoms with Crippen LogP contribution in [0.2, 0.25) is 0 Å². The molecule has 2 aromatic carbocycles. The Morgan fingerprint density at radius 2 is 1.66 bits per heavy atom. The van der Waals surface area contributed by atoms with E-state index in [9.17, 15) is 24.0 Å². The van der Waals surface area contributed by atoms with Crippen molar-refractivity contribution in [1.29, 1.82) is 0 Å². The number of anilines is 2. The van der Waals surface area contributed by atoms with Gasteiger partial charge in [-0.3, -0.25) is 34.2 Å². The fourth-order valence-corrected chi connectivity index (χ4v) is 7.25. The zero-order chi connectivity index (χ0) is 39.6. The lowest BCUT2D eigenvalue weighted by Gasteiger charge is -2.34. The van der Waals surface area contributed by atoms with Gasteiger partial charge in [0.15, 0.2) is 12.9 Å². The number of aldehydes is 1. The molecule has 7 rings (SSSR count). The van der Waals surface area contributed by atoms with Gasteiger partial charge in [0.05, 0.1) is 11.6 Å². The number of piperazine rings is 1. The third kappa shape index (κ3) is 10.3. The molecule has 0 spiro atoms. The van der Waals surface area contributed by atoms with Gasteiger partial charge in [-0.25, -0.2) is 4.98 Å². The van der Waals surface area contributed by atoms with E-state index in [1.54, 1.807) is 47.5 Å². The van der Waals surface area contributed by atoms with Crippen molar-refractivity contribution in [3.05, 3.63) is 77.6 Å². The number of nitrogens with zero attached hydrogens (tertiary/aromatic N) is 6. The fourth-order valence-electron chi connectivity index (χ4n) is 7.25. The second kappa shape index (κ2) is 18.8. The predicted octanol–water partition coefficient (Wildman–Crippen LogP) is 3.75. The fraction of sp³-hybridized carbons (Fsp3) is 0.439. The zero-order valence-corrected chi connectivity index (χ0v) is 32.3. The third-order valence-electron chi connectivity index (χ3n) is 10.1. The molecule has 3 aliphatic rings. The van der Waals surface area contributed by atoms with E-state index in [0.29, 0.717) is 75.1 Å². The number of rotatable bonds is 12. The highest BCUT2D eigenvalue weighted by molar-refractivity contribution is 6.01. The molecule has 1 aliphatic carbocycles. The first-order chi connectivity index (χ1) is 27.1. The normalized spacial score (nSPS) is 17.6. The Bertz CT molecular complexity index is 2000. The summed E-state index contributed by atoms with van der Waals surface area (Å²) >= 11 is 0. The summed E-state index contributed by atoms with van der Waals surface area (Å²) in [4.78, 5) is 76.1. The van der Waals surface area contributed by atoms with Gasteiger partial charge in [0.2, 0.25) is 17.8 Å². The molecule has 4 heterocycles. The largest absolute Gasteiger partial charge is 0.484 e. The lowest BCUT2D eigenvalue weighted by Crippen LogP contribution is -2.51. The predicted molar refractivity (Wildman–Crippen MR) is 212 cm³/mol. The molecule has 3 fully saturated rings. The van der Waals surface area contributed by atoms with Crippen molar-refractivity contribution >= 4 is 52.6 Å². The quantitative estimate of drug-likeness (QED) is 0.142. The van der Waals surface area contributed by atoms with Gasteiger partial charge in [-0.05, 0) is 88.4 Å². The molecular formula is C41H51N9O6. The summed E-state index contributed by atoms with van der Waals surface area (Å²) in [5.41, 5.74) is 3.46. The summed E-state index contributed by atoms with van der Waals surface area (Å²) in [5.74, 6) is -0.206. The highest BCUT2D eigenvalue weighted by Crippen LogP contribution is 2.34. The average Bonchev–Trinajstić information content (AvgIpc) is 3.85. The molecule has 56 heavy (non-hydrogen) atoms. The average molecular weight is 766 g/mol. The lowest BCUT2D eigenvalue weighted by atomic mass is 9.90. The van der Waals surface area contributed by atoms with Crippen LogP contribution in [0.4, 0.5) is 11.6 Å². The molecule has 15 nitrogen and oxygen atoms in total. The van der Waals surface area contributed by atoms with Gasteiger partial charge in [-0.2, -0.15) is 4.98 Å². The molecular weight excluding hydrogens is 715 g/mol. The topological polar surface area (TPSA) is 171 Å². The second-order valence-corrected chi connectivity index (χ2v) is 14.9. The summed E-state index contributed by atoms with van der Waals surface area (Å²) < 4.78 is 7.76. The molecule has 2 aromatic heterocycles. The first-order valence-corrected chi connectivity index (χ1v) is 19.2. The molecule has 4 amide bonds. The van der Waals surface area contributed by atoms with Crippen molar-refractivity contribution in [3.8, 4) is 5.75 Å². The molecule has 4 aromatic rings. The number of aromatic nitrogens is 3. The number of hydrogen-bond donors (Lipinski definition) is 3. The minimum absolute atomic E-state index is 0.0821. The number of fused-ring (bicyclic) bond motifs is 1. The van der Waals surface area contributed by atoms with Crippen LogP contribution < -0.4 is 20.7 Å². The Hall–Kier alpha value is -5.67. The zero-order valence-electron chi connectivity index (χ0n) is 32.3. The Balaban J connectivity index is 0.00000127. The molecule has 1 saturated carbocycles. The summed E-state index contributed by atoms with van der Waals surface area (Å²) in [6, 6.07) is 16.3. The van der Waals surface area contributed by atoms with Gasteiger partial charge in [0.25, 0.3) is 11.8 Å². The maximum atomic E-state index is 12.8. The maximum absolute atomic E-state index is 12.8. The van der Waals surface area contributed by atoms with Crippen LogP contribution in [0.25, 0.3) is 11.0 Å². The molecule has 0 radical (unpaired) electrons. The van der Waals surface area contributed by atoms with Crippen molar-refractivity contribution in [1.82, 2.24) is 39.9 Å². The number of imide groups is 1. The summed E-state index contributed by atoms with van der Waals surface area (Å²) in [6.07, 6.45) is 7.76. The molecule has 2 saturated heterocycles. The molecule has 2 aliphatic heterocycles. The van der Waals surface area contributed by atoms with Crippen molar-refractivity contribution in [3.63, 3.8) is 0 Å². The smallest absolute Gasteiger partial charge is 0.260 e. The number of piperidine rings is 1. The standard InChI is InChI=1S/C38H42N8O6.C3H9N/c47-23-30-21-27-22-40-38(43-35(27)46(30)29-3-1-2-4-29)41-28-9-5-26(6-10-28)36(50)39-15-16-44-17-19-45(20-18-44)34(49)24-52-31-11-7-25(8-12-31)32-13-14-33(48)42-37(32)51;1-4(2)3/h5-12,21-23,29,32H,1-4,13-20,24H2,(H,39,50)(H,40,41,43)(H,42,48,51);1-3H3. The van der Waals surface area contributed by atoms with E-state index >= 15 is 0 Å². The molecule has 1 atom stereocenters. The first kappa shape index (κ1) is 40.0. The number of carbonyl (C=O) groups excluding carboxylic acids is 5. The SMILES string of the molecule is CN(C)C.O=Cc1cc2cnc(Nc3ccc(C(=O)NCCN4CCN(C(=O)COc5ccc(C6CCC(=O)NC6=O)cc5)CC4)cc3)nc2n1C1CCCC1. The van der Waals surface area contributed by atoms with Crippen LogP contribution >= 0.6 is 0 Å². The maximum Gasteiger partial charge on any atom is 0.260 e. The molecule has 296 valence electrons.